The molecule has 5 heteroatoms. The zero-order valence-electron chi connectivity index (χ0n) is 15.9. The maximum Gasteiger partial charge on any atom is 0.257 e. The van der Waals surface area contributed by atoms with Crippen LogP contribution in [0.4, 0.5) is 11.4 Å². The van der Waals surface area contributed by atoms with Crippen LogP contribution in [0.2, 0.25) is 0 Å². The van der Waals surface area contributed by atoms with E-state index in [2.05, 4.69) is 10.2 Å². The number of aryl methyl sites for hydroxylation is 1. The van der Waals surface area contributed by atoms with Crippen molar-refractivity contribution in [3.63, 3.8) is 0 Å². The van der Waals surface area contributed by atoms with Gasteiger partial charge in [-0.3, -0.25) is 9.59 Å². The Kier molecular flexibility index (Phi) is 4.60. The minimum absolute atomic E-state index is 0.0838. The molecule has 2 heterocycles. The molecule has 5 nitrogen and oxygen atoms in total. The molecule has 2 aromatic rings. The van der Waals surface area contributed by atoms with Crippen LogP contribution in [0.15, 0.2) is 42.5 Å². The number of carbonyl (C=O) groups excluding carboxylic acids is 2. The smallest absolute Gasteiger partial charge is 0.257 e. The van der Waals surface area contributed by atoms with E-state index < -0.39 is 0 Å². The molecule has 4 rings (SSSR count). The van der Waals surface area contributed by atoms with Crippen molar-refractivity contribution in [1.82, 2.24) is 4.90 Å². The summed E-state index contributed by atoms with van der Waals surface area (Å²) in [4.78, 5) is 29.8. The third kappa shape index (κ3) is 3.29. The summed E-state index contributed by atoms with van der Waals surface area (Å²) in [5.74, 6) is -0.0775. The SMILES string of the molecule is Cc1ccc(NC(=O)c2ccc3c(c2)N(C)[C@@H]2CCCCCN2C3=O)cc1. The van der Waals surface area contributed by atoms with E-state index in [0.717, 1.165) is 49.2 Å². The fraction of sp³-hybridized carbons (Fsp3) is 0.364. The van der Waals surface area contributed by atoms with Crippen LogP contribution in [0.5, 0.6) is 0 Å². The van der Waals surface area contributed by atoms with Crippen LogP contribution in [0.25, 0.3) is 0 Å². The Bertz CT molecular complexity index is 876. The first-order chi connectivity index (χ1) is 13.0. The minimum atomic E-state index is -0.161. The molecule has 27 heavy (non-hydrogen) atoms. The van der Waals surface area contributed by atoms with Gasteiger partial charge in [0.05, 0.1) is 11.3 Å². The van der Waals surface area contributed by atoms with E-state index in [1.165, 1.54) is 0 Å². The normalized spacial score (nSPS) is 19.2. The van der Waals surface area contributed by atoms with Crippen LogP contribution < -0.4 is 10.2 Å². The quantitative estimate of drug-likeness (QED) is 0.876. The van der Waals surface area contributed by atoms with Crippen molar-refractivity contribution in [2.75, 3.05) is 23.8 Å². The van der Waals surface area contributed by atoms with Crippen LogP contribution in [-0.4, -0.2) is 36.5 Å². The molecular formula is C22H25N3O2. The third-order valence-electron chi connectivity index (χ3n) is 5.61. The average Bonchev–Trinajstić information content (AvgIpc) is 2.94. The molecule has 1 N–H and O–H groups in total. The molecule has 0 aliphatic carbocycles. The molecule has 2 aromatic carbocycles. The van der Waals surface area contributed by atoms with Crippen LogP contribution in [0.1, 0.15) is 52.0 Å². The lowest BCUT2D eigenvalue weighted by Gasteiger charge is -2.43. The summed E-state index contributed by atoms with van der Waals surface area (Å²) in [6.45, 7) is 2.82. The summed E-state index contributed by atoms with van der Waals surface area (Å²) >= 11 is 0. The van der Waals surface area contributed by atoms with Crippen molar-refractivity contribution in [3.05, 3.63) is 59.2 Å². The second-order valence-corrected chi connectivity index (χ2v) is 7.49. The van der Waals surface area contributed by atoms with Gasteiger partial charge < -0.3 is 15.1 Å². The Morgan fingerprint density at radius 3 is 2.63 bits per heavy atom. The summed E-state index contributed by atoms with van der Waals surface area (Å²) in [5.41, 5.74) is 4.01. The molecule has 1 atom stereocenters. The van der Waals surface area contributed by atoms with Gasteiger partial charge in [-0.1, -0.05) is 24.1 Å². The first-order valence-electron chi connectivity index (χ1n) is 9.60. The molecule has 140 valence electrons. The van der Waals surface area contributed by atoms with Crippen molar-refractivity contribution in [2.45, 2.75) is 38.8 Å². The molecule has 2 aliphatic rings. The second kappa shape index (κ2) is 7.06. The zero-order chi connectivity index (χ0) is 19.0. The fourth-order valence-electron chi connectivity index (χ4n) is 4.03. The Morgan fingerprint density at radius 1 is 1.07 bits per heavy atom. The van der Waals surface area contributed by atoms with E-state index in [9.17, 15) is 9.59 Å². The monoisotopic (exact) mass is 363 g/mol. The van der Waals surface area contributed by atoms with E-state index in [4.69, 9.17) is 0 Å². The van der Waals surface area contributed by atoms with Crippen LogP contribution in [0, 0.1) is 6.92 Å². The van der Waals surface area contributed by atoms with Crippen molar-refractivity contribution in [3.8, 4) is 0 Å². The topological polar surface area (TPSA) is 52.7 Å². The van der Waals surface area contributed by atoms with Gasteiger partial charge in [-0.2, -0.15) is 0 Å². The number of benzene rings is 2. The van der Waals surface area contributed by atoms with Gasteiger partial charge in [-0.25, -0.2) is 0 Å². The summed E-state index contributed by atoms with van der Waals surface area (Å²) in [6, 6.07) is 13.1. The number of anilines is 2. The highest BCUT2D eigenvalue weighted by molar-refractivity contribution is 6.08. The highest BCUT2D eigenvalue weighted by atomic mass is 16.2. The zero-order valence-corrected chi connectivity index (χ0v) is 15.9. The number of amides is 2. The summed E-state index contributed by atoms with van der Waals surface area (Å²) < 4.78 is 0. The van der Waals surface area contributed by atoms with Crippen molar-refractivity contribution in [1.29, 1.82) is 0 Å². The Morgan fingerprint density at radius 2 is 1.85 bits per heavy atom. The number of nitrogens with zero attached hydrogens (tertiary/aromatic N) is 2. The third-order valence-corrected chi connectivity index (χ3v) is 5.61. The fourth-order valence-corrected chi connectivity index (χ4v) is 4.03. The molecule has 0 radical (unpaired) electrons. The standard InChI is InChI=1S/C22H25N3O2/c1-15-7-10-17(11-8-15)23-21(26)16-9-12-18-19(14-16)24(2)20-6-4-3-5-13-25(20)22(18)27/h7-12,14,20H,3-6,13H2,1-2H3,(H,23,26)/t20-/m0/s1. The molecule has 2 amide bonds. The van der Waals surface area contributed by atoms with Crippen LogP contribution in [-0.2, 0) is 0 Å². The molecule has 1 fully saturated rings. The van der Waals surface area contributed by atoms with Gasteiger partial charge in [0.1, 0.15) is 6.17 Å². The summed E-state index contributed by atoms with van der Waals surface area (Å²) in [5, 5.41) is 2.93. The highest BCUT2D eigenvalue weighted by Crippen LogP contribution is 2.34. The number of nitrogens with one attached hydrogen (secondary N) is 1. The Labute approximate surface area is 160 Å². The Balaban J connectivity index is 1.62. The molecule has 0 saturated carbocycles. The lowest BCUT2D eigenvalue weighted by Crippen LogP contribution is -2.53. The van der Waals surface area contributed by atoms with E-state index in [-0.39, 0.29) is 18.0 Å². The number of fused-ring (bicyclic) bond motifs is 2. The van der Waals surface area contributed by atoms with E-state index in [0.29, 0.717) is 11.1 Å². The number of carbonyl (C=O) groups is 2. The van der Waals surface area contributed by atoms with Gasteiger partial charge in [0, 0.05) is 24.8 Å². The lowest BCUT2D eigenvalue weighted by molar-refractivity contribution is 0.0661. The average molecular weight is 363 g/mol. The number of hydrogen-bond donors (Lipinski definition) is 1. The maximum atomic E-state index is 13.0. The van der Waals surface area contributed by atoms with Crippen molar-refractivity contribution < 1.29 is 9.59 Å². The minimum Gasteiger partial charge on any atom is -0.354 e. The van der Waals surface area contributed by atoms with E-state index in [1.54, 1.807) is 12.1 Å². The maximum absolute atomic E-state index is 13.0. The molecule has 2 aliphatic heterocycles. The molecule has 0 bridgehead atoms. The molecular weight excluding hydrogens is 338 g/mol. The largest absolute Gasteiger partial charge is 0.354 e. The van der Waals surface area contributed by atoms with Crippen LogP contribution in [0.3, 0.4) is 0 Å². The molecule has 0 aromatic heterocycles. The number of rotatable bonds is 2. The van der Waals surface area contributed by atoms with Crippen LogP contribution >= 0.6 is 0 Å². The lowest BCUT2D eigenvalue weighted by atomic mass is 10.0. The van der Waals surface area contributed by atoms with Gasteiger partial charge in [0.25, 0.3) is 11.8 Å². The van der Waals surface area contributed by atoms with Gasteiger partial charge in [-0.05, 0) is 56.5 Å². The van der Waals surface area contributed by atoms with Gasteiger partial charge in [0.2, 0.25) is 0 Å². The first-order valence-corrected chi connectivity index (χ1v) is 9.60. The predicted octanol–water partition coefficient (Wildman–Crippen LogP) is 4.04. The number of hydrogen-bond acceptors (Lipinski definition) is 3. The van der Waals surface area contributed by atoms with E-state index >= 15 is 0 Å². The van der Waals surface area contributed by atoms with Gasteiger partial charge >= 0.3 is 0 Å². The van der Waals surface area contributed by atoms with E-state index in [1.807, 2.05) is 49.2 Å². The Hall–Kier alpha value is -2.82. The molecule has 0 spiro atoms. The summed E-state index contributed by atoms with van der Waals surface area (Å²) in [7, 11) is 2.02. The first kappa shape index (κ1) is 17.6. The highest BCUT2D eigenvalue weighted by Gasteiger charge is 2.36. The molecule has 0 unspecified atom stereocenters. The second-order valence-electron chi connectivity index (χ2n) is 7.49. The summed E-state index contributed by atoms with van der Waals surface area (Å²) in [6.07, 6.45) is 4.41. The van der Waals surface area contributed by atoms with Crippen molar-refractivity contribution >= 4 is 23.2 Å². The van der Waals surface area contributed by atoms with Crippen molar-refractivity contribution in [2.24, 2.45) is 0 Å². The molecule has 1 saturated heterocycles. The van der Waals surface area contributed by atoms with Gasteiger partial charge in [-0.15, -0.1) is 0 Å². The van der Waals surface area contributed by atoms with Gasteiger partial charge in [0.15, 0.2) is 0 Å². The predicted molar refractivity (Wildman–Crippen MR) is 107 cm³/mol.